The average molecular weight is 230 g/mol. The lowest BCUT2D eigenvalue weighted by Crippen LogP contribution is -2.13. The molecule has 0 radical (unpaired) electrons. The van der Waals surface area contributed by atoms with E-state index in [1.54, 1.807) is 12.3 Å². The van der Waals surface area contributed by atoms with Gasteiger partial charge in [0.05, 0.1) is 0 Å². The summed E-state index contributed by atoms with van der Waals surface area (Å²) in [5, 5.41) is 2.64. The summed E-state index contributed by atoms with van der Waals surface area (Å²) in [7, 11) is 0. The van der Waals surface area contributed by atoms with Crippen molar-refractivity contribution < 1.29 is 9.18 Å². The summed E-state index contributed by atoms with van der Waals surface area (Å²) in [4.78, 5) is 15.7. The van der Waals surface area contributed by atoms with Crippen LogP contribution in [0.4, 0.5) is 10.1 Å². The number of amides is 1. The Labute approximate surface area is 98.3 Å². The lowest BCUT2D eigenvalue weighted by atomic mass is 10.2. The molecule has 0 aliphatic carbocycles. The number of nitrogens with one attached hydrogen (secondary N) is 1. The number of hydrogen-bond acceptors (Lipinski definition) is 2. The molecule has 1 N–H and O–H groups in total. The molecule has 2 rings (SSSR count). The fourth-order valence-electron chi connectivity index (χ4n) is 1.33. The maximum atomic E-state index is 12.7. The van der Waals surface area contributed by atoms with Gasteiger partial charge in [0.15, 0.2) is 0 Å². The summed E-state index contributed by atoms with van der Waals surface area (Å²) in [5.74, 6) is -0.645. The fourth-order valence-corrected chi connectivity index (χ4v) is 1.33. The summed E-state index contributed by atoms with van der Waals surface area (Å²) in [6, 6.07) is 9.04. The molecule has 2 aromatic rings. The van der Waals surface area contributed by atoms with Crippen molar-refractivity contribution in [3.63, 3.8) is 0 Å². The Kier molecular flexibility index (Phi) is 3.14. The Balaban J connectivity index is 2.11. The summed E-state index contributed by atoms with van der Waals surface area (Å²) in [6.45, 7) is 1.90. The van der Waals surface area contributed by atoms with Crippen LogP contribution in [0.25, 0.3) is 0 Å². The Morgan fingerprint density at radius 1 is 1.18 bits per heavy atom. The van der Waals surface area contributed by atoms with Gasteiger partial charge in [-0.05, 0) is 42.8 Å². The van der Waals surface area contributed by atoms with Crippen molar-refractivity contribution in [2.24, 2.45) is 0 Å². The third-order valence-corrected chi connectivity index (χ3v) is 2.25. The maximum Gasteiger partial charge on any atom is 0.274 e. The molecule has 3 nitrogen and oxygen atoms in total. The summed E-state index contributed by atoms with van der Waals surface area (Å²) < 4.78 is 12.7. The zero-order valence-electron chi connectivity index (χ0n) is 9.27. The number of halogens is 1. The van der Waals surface area contributed by atoms with E-state index in [0.29, 0.717) is 11.4 Å². The van der Waals surface area contributed by atoms with E-state index < -0.39 is 0 Å². The van der Waals surface area contributed by atoms with Crippen molar-refractivity contribution in [1.82, 2.24) is 4.98 Å². The van der Waals surface area contributed by atoms with E-state index >= 15 is 0 Å². The molecule has 4 heteroatoms. The van der Waals surface area contributed by atoms with Crippen LogP contribution in [0, 0.1) is 12.7 Å². The molecule has 0 saturated heterocycles. The molecule has 0 atom stereocenters. The van der Waals surface area contributed by atoms with Crippen molar-refractivity contribution in [1.29, 1.82) is 0 Å². The van der Waals surface area contributed by atoms with E-state index in [9.17, 15) is 9.18 Å². The highest BCUT2D eigenvalue weighted by Gasteiger charge is 2.06. The molecule has 17 heavy (non-hydrogen) atoms. The molecule has 0 unspecified atom stereocenters. The molecule has 1 amide bonds. The van der Waals surface area contributed by atoms with Gasteiger partial charge >= 0.3 is 0 Å². The average Bonchev–Trinajstić information content (AvgIpc) is 2.33. The van der Waals surface area contributed by atoms with Crippen molar-refractivity contribution in [3.8, 4) is 0 Å². The third-order valence-electron chi connectivity index (χ3n) is 2.25. The second-order valence-electron chi connectivity index (χ2n) is 3.68. The van der Waals surface area contributed by atoms with E-state index in [1.165, 1.54) is 24.3 Å². The molecule has 1 aromatic heterocycles. The Bertz CT molecular complexity index is 520. The van der Waals surface area contributed by atoms with Gasteiger partial charge in [-0.2, -0.15) is 0 Å². The van der Waals surface area contributed by atoms with Crippen LogP contribution in [-0.4, -0.2) is 10.9 Å². The first kappa shape index (κ1) is 11.3. The van der Waals surface area contributed by atoms with Gasteiger partial charge < -0.3 is 5.32 Å². The normalized spacial score (nSPS) is 10.0. The van der Waals surface area contributed by atoms with Crippen LogP contribution in [0.3, 0.4) is 0 Å². The molecular formula is C13H11FN2O. The monoisotopic (exact) mass is 230 g/mol. The van der Waals surface area contributed by atoms with Crippen LogP contribution < -0.4 is 5.32 Å². The maximum absolute atomic E-state index is 12.7. The van der Waals surface area contributed by atoms with Crippen molar-refractivity contribution >= 4 is 11.6 Å². The Hall–Kier alpha value is -2.23. The van der Waals surface area contributed by atoms with Crippen molar-refractivity contribution in [2.75, 3.05) is 5.32 Å². The molecule has 86 valence electrons. The molecule has 0 aliphatic rings. The lowest BCUT2D eigenvalue weighted by molar-refractivity contribution is 0.102. The Morgan fingerprint density at radius 2 is 1.88 bits per heavy atom. The van der Waals surface area contributed by atoms with Crippen LogP contribution in [0.2, 0.25) is 0 Å². The van der Waals surface area contributed by atoms with E-state index in [1.807, 2.05) is 13.0 Å². The first-order valence-electron chi connectivity index (χ1n) is 5.15. The van der Waals surface area contributed by atoms with Gasteiger partial charge in [0.1, 0.15) is 11.5 Å². The standard InChI is InChI=1S/C13H11FN2O/c1-9-2-7-12(15-8-9)13(17)16-11-5-3-10(14)4-6-11/h2-8H,1H3,(H,16,17). The van der Waals surface area contributed by atoms with Gasteiger partial charge in [0.2, 0.25) is 0 Å². The highest BCUT2D eigenvalue weighted by atomic mass is 19.1. The molecule has 0 fully saturated rings. The van der Waals surface area contributed by atoms with Crippen LogP contribution in [0.15, 0.2) is 42.6 Å². The number of nitrogens with zero attached hydrogens (tertiary/aromatic N) is 1. The van der Waals surface area contributed by atoms with Crippen LogP contribution in [0.1, 0.15) is 16.1 Å². The molecule has 0 bridgehead atoms. The number of aryl methyl sites for hydroxylation is 1. The van der Waals surface area contributed by atoms with Gasteiger partial charge in [-0.25, -0.2) is 4.39 Å². The molecular weight excluding hydrogens is 219 g/mol. The predicted molar refractivity (Wildman–Crippen MR) is 63.3 cm³/mol. The van der Waals surface area contributed by atoms with E-state index in [2.05, 4.69) is 10.3 Å². The van der Waals surface area contributed by atoms with Crippen molar-refractivity contribution in [2.45, 2.75) is 6.92 Å². The first-order valence-corrected chi connectivity index (χ1v) is 5.15. The molecule has 1 heterocycles. The van der Waals surface area contributed by atoms with Crippen LogP contribution in [-0.2, 0) is 0 Å². The van der Waals surface area contributed by atoms with Crippen molar-refractivity contribution in [3.05, 3.63) is 59.7 Å². The van der Waals surface area contributed by atoms with Crippen LogP contribution >= 0.6 is 0 Å². The third kappa shape index (κ3) is 2.87. The largest absolute Gasteiger partial charge is 0.321 e. The SMILES string of the molecule is Cc1ccc(C(=O)Nc2ccc(F)cc2)nc1. The molecule has 0 spiro atoms. The van der Waals surface area contributed by atoms with Gasteiger partial charge in [-0.3, -0.25) is 9.78 Å². The fraction of sp³-hybridized carbons (Fsp3) is 0.0769. The van der Waals surface area contributed by atoms with Gasteiger partial charge in [-0.15, -0.1) is 0 Å². The number of hydrogen-bond donors (Lipinski definition) is 1. The minimum absolute atomic E-state index is 0.309. The number of carbonyl (C=O) groups excluding carboxylic acids is 1. The second kappa shape index (κ2) is 4.74. The molecule has 0 aliphatic heterocycles. The molecule has 1 aromatic carbocycles. The Morgan fingerprint density at radius 3 is 2.47 bits per heavy atom. The minimum atomic E-state index is -0.337. The number of rotatable bonds is 2. The highest BCUT2D eigenvalue weighted by molar-refractivity contribution is 6.02. The zero-order chi connectivity index (χ0) is 12.3. The van der Waals surface area contributed by atoms with Gasteiger partial charge in [-0.1, -0.05) is 6.07 Å². The van der Waals surface area contributed by atoms with Crippen LogP contribution in [0.5, 0.6) is 0 Å². The first-order chi connectivity index (χ1) is 8.15. The number of aromatic nitrogens is 1. The highest BCUT2D eigenvalue weighted by Crippen LogP contribution is 2.09. The van der Waals surface area contributed by atoms with E-state index in [0.717, 1.165) is 5.56 Å². The topological polar surface area (TPSA) is 42.0 Å². The number of carbonyl (C=O) groups is 1. The lowest BCUT2D eigenvalue weighted by Gasteiger charge is -2.04. The van der Waals surface area contributed by atoms with E-state index in [4.69, 9.17) is 0 Å². The quantitative estimate of drug-likeness (QED) is 0.861. The minimum Gasteiger partial charge on any atom is -0.321 e. The van der Waals surface area contributed by atoms with E-state index in [-0.39, 0.29) is 11.7 Å². The summed E-state index contributed by atoms with van der Waals surface area (Å²) in [5.41, 5.74) is 1.86. The summed E-state index contributed by atoms with van der Waals surface area (Å²) in [6.07, 6.45) is 1.62. The second-order valence-corrected chi connectivity index (χ2v) is 3.68. The molecule has 0 saturated carbocycles. The predicted octanol–water partition coefficient (Wildman–Crippen LogP) is 2.78. The number of pyridine rings is 1. The zero-order valence-corrected chi connectivity index (χ0v) is 9.27. The smallest absolute Gasteiger partial charge is 0.274 e. The van der Waals surface area contributed by atoms with Gasteiger partial charge in [0, 0.05) is 11.9 Å². The summed E-state index contributed by atoms with van der Waals surface area (Å²) >= 11 is 0. The number of benzene rings is 1. The van der Waals surface area contributed by atoms with Gasteiger partial charge in [0.25, 0.3) is 5.91 Å². The number of anilines is 1.